The van der Waals surface area contributed by atoms with E-state index in [1.165, 1.54) is 30.2 Å². The van der Waals surface area contributed by atoms with Crippen molar-refractivity contribution in [2.45, 2.75) is 62.1 Å². The van der Waals surface area contributed by atoms with Crippen molar-refractivity contribution in [1.29, 1.82) is 10.5 Å². The molecule has 0 radical (unpaired) electrons. The molecule has 1 unspecified atom stereocenters. The van der Waals surface area contributed by atoms with Crippen LogP contribution in [-0.2, 0) is 17.6 Å². The standard InChI is InChI=1S/C23H24N4OS/c1-2-21(22(28)26-20-12-8-7-10-17(20)14-24)29-23-18(15-25)13-16-9-5-3-4-6-11-19(16)27-23/h7-8,10,12-13,21H,2-6,9,11H2,1H3,(H,26,28). The maximum Gasteiger partial charge on any atom is 0.237 e. The van der Waals surface area contributed by atoms with Crippen molar-refractivity contribution in [3.63, 3.8) is 0 Å². The van der Waals surface area contributed by atoms with Crippen molar-refractivity contribution in [2.24, 2.45) is 0 Å². The molecular weight excluding hydrogens is 380 g/mol. The molecule has 0 fully saturated rings. The first kappa shape index (κ1) is 20.9. The van der Waals surface area contributed by atoms with Crippen LogP contribution in [0.4, 0.5) is 5.69 Å². The van der Waals surface area contributed by atoms with Crippen molar-refractivity contribution in [2.75, 3.05) is 5.32 Å². The third-order valence-electron chi connectivity index (χ3n) is 5.11. The van der Waals surface area contributed by atoms with Crippen molar-refractivity contribution in [3.05, 3.63) is 52.7 Å². The van der Waals surface area contributed by atoms with Gasteiger partial charge in [-0.25, -0.2) is 4.98 Å². The second-order valence-electron chi connectivity index (χ2n) is 7.13. The molecule has 1 heterocycles. The minimum atomic E-state index is -0.395. The second-order valence-corrected chi connectivity index (χ2v) is 8.33. The van der Waals surface area contributed by atoms with Crippen LogP contribution in [0.2, 0.25) is 0 Å². The number of aryl methyl sites for hydroxylation is 2. The first-order chi connectivity index (χ1) is 14.2. The Morgan fingerprint density at radius 3 is 2.59 bits per heavy atom. The van der Waals surface area contributed by atoms with Gasteiger partial charge in [0.05, 0.1) is 22.1 Å². The summed E-state index contributed by atoms with van der Waals surface area (Å²) in [4.78, 5) is 17.7. The van der Waals surface area contributed by atoms with Gasteiger partial charge in [-0.3, -0.25) is 4.79 Å². The van der Waals surface area contributed by atoms with Gasteiger partial charge in [0, 0.05) is 5.69 Å². The molecular formula is C23H24N4OS. The number of pyridine rings is 1. The van der Waals surface area contributed by atoms with Crippen LogP contribution in [-0.4, -0.2) is 16.1 Å². The minimum absolute atomic E-state index is 0.183. The van der Waals surface area contributed by atoms with Crippen LogP contribution in [0, 0.1) is 22.7 Å². The third-order valence-corrected chi connectivity index (χ3v) is 6.48. The van der Waals surface area contributed by atoms with Crippen LogP contribution in [0.25, 0.3) is 0 Å². The van der Waals surface area contributed by atoms with E-state index in [0.717, 1.165) is 31.4 Å². The smallest absolute Gasteiger partial charge is 0.237 e. The molecule has 0 saturated heterocycles. The number of carbonyl (C=O) groups excluding carboxylic acids is 1. The van der Waals surface area contributed by atoms with Gasteiger partial charge in [0.25, 0.3) is 0 Å². The highest BCUT2D eigenvalue weighted by atomic mass is 32.2. The molecule has 1 atom stereocenters. The molecule has 1 amide bonds. The fraction of sp³-hybridized carbons (Fsp3) is 0.391. The van der Waals surface area contributed by atoms with Crippen LogP contribution in [0.15, 0.2) is 35.4 Å². The van der Waals surface area contributed by atoms with Crippen LogP contribution in [0.3, 0.4) is 0 Å². The van der Waals surface area contributed by atoms with Gasteiger partial charge in [0.2, 0.25) is 5.91 Å². The SMILES string of the molecule is CCC(Sc1nc2c(cc1C#N)CCCCCC2)C(=O)Nc1ccccc1C#N. The summed E-state index contributed by atoms with van der Waals surface area (Å²) < 4.78 is 0. The van der Waals surface area contributed by atoms with Crippen LogP contribution < -0.4 is 5.32 Å². The topological polar surface area (TPSA) is 89.6 Å². The molecule has 29 heavy (non-hydrogen) atoms. The fourth-order valence-electron chi connectivity index (χ4n) is 3.50. The number of thioether (sulfide) groups is 1. The van der Waals surface area contributed by atoms with Gasteiger partial charge in [-0.1, -0.05) is 43.7 Å². The number of nitrogens with one attached hydrogen (secondary N) is 1. The van der Waals surface area contributed by atoms with E-state index < -0.39 is 5.25 Å². The third kappa shape index (κ3) is 5.16. The first-order valence-electron chi connectivity index (χ1n) is 10.1. The lowest BCUT2D eigenvalue weighted by atomic mass is 9.96. The van der Waals surface area contributed by atoms with E-state index in [2.05, 4.69) is 17.5 Å². The predicted octanol–water partition coefficient (Wildman–Crippen LogP) is 4.99. The van der Waals surface area contributed by atoms with Gasteiger partial charge < -0.3 is 5.32 Å². The predicted molar refractivity (Wildman–Crippen MR) is 115 cm³/mol. The molecule has 1 aliphatic carbocycles. The number of amides is 1. The molecule has 148 valence electrons. The number of benzene rings is 1. The van der Waals surface area contributed by atoms with Gasteiger partial charge >= 0.3 is 0 Å². The minimum Gasteiger partial charge on any atom is -0.324 e. The Balaban J connectivity index is 1.82. The Bertz CT molecular complexity index is 974. The number of para-hydroxylation sites is 1. The van der Waals surface area contributed by atoms with Gasteiger partial charge in [-0.15, -0.1) is 0 Å². The lowest BCUT2D eigenvalue weighted by molar-refractivity contribution is -0.115. The van der Waals surface area contributed by atoms with Gasteiger partial charge in [-0.05, 0) is 55.9 Å². The number of hydrogen-bond donors (Lipinski definition) is 1. The zero-order valence-electron chi connectivity index (χ0n) is 16.6. The number of anilines is 1. The second kappa shape index (κ2) is 10.1. The highest BCUT2D eigenvalue weighted by Crippen LogP contribution is 2.31. The average Bonchev–Trinajstić information content (AvgIpc) is 2.73. The summed E-state index contributed by atoms with van der Waals surface area (Å²) in [5.41, 5.74) is 3.71. The van der Waals surface area contributed by atoms with Crippen molar-refractivity contribution >= 4 is 23.4 Å². The number of aromatic nitrogens is 1. The van der Waals surface area contributed by atoms with E-state index in [1.54, 1.807) is 24.3 Å². The van der Waals surface area contributed by atoms with E-state index in [4.69, 9.17) is 4.98 Å². The van der Waals surface area contributed by atoms with E-state index in [0.29, 0.717) is 28.3 Å². The molecule has 1 aromatic carbocycles. The maximum absolute atomic E-state index is 12.9. The summed E-state index contributed by atoms with van der Waals surface area (Å²) in [5, 5.41) is 22.0. The normalized spacial score (nSPS) is 14.4. The highest BCUT2D eigenvalue weighted by molar-refractivity contribution is 8.00. The summed E-state index contributed by atoms with van der Waals surface area (Å²) in [6.07, 6.45) is 7.15. The molecule has 1 aliphatic rings. The van der Waals surface area contributed by atoms with E-state index in [-0.39, 0.29) is 5.91 Å². The monoisotopic (exact) mass is 404 g/mol. The molecule has 2 aromatic rings. The van der Waals surface area contributed by atoms with Crippen molar-refractivity contribution < 1.29 is 4.79 Å². The molecule has 1 aromatic heterocycles. The molecule has 0 spiro atoms. The summed E-state index contributed by atoms with van der Waals surface area (Å²) >= 11 is 1.34. The quantitative estimate of drug-likeness (QED) is 0.709. The van der Waals surface area contributed by atoms with Gasteiger partial charge in [0.15, 0.2) is 0 Å². The number of hydrogen-bond acceptors (Lipinski definition) is 5. The number of nitrogens with zero attached hydrogens (tertiary/aromatic N) is 3. The van der Waals surface area contributed by atoms with Gasteiger partial charge in [-0.2, -0.15) is 10.5 Å². The average molecular weight is 405 g/mol. The number of carbonyl (C=O) groups is 1. The molecule has 0 bridgehead atoms. The van der Waals surface area contributed by atoms with E-state index in [9.17, 15) is 15.3 Å². The van der Waals surface area contributed by atoms with E-state index in [1.807, 2.05) is 13.0 Å². The van der Waals surface area contributed by atoms with Gasteiger partial charge in [0.1, 0.15) is 17.2 Å². The van der Waals surface area contributed by atoms with Crippen molar-refractivity contribution in [3.8, 4) is 12.1 Å². The Kier molecular flexibility index (Phi) is 7.27. The Labute approximate surface area is 176 Å². The fourth-order valence-corrected chi connectivity index (χ4v) is 4.49. The largest absolute Gasteiger partial charge is 0.324 e. The highest BCUT2D eigenvalue weighted by Gasteiger charge is 2.23. The Morgan fingerprint density at radius 2 is 1.86 bits per heavy atom. The Hall–Kier alpha value is -2.83. The zero-order valence-corrected chi connectivity index (χ0v) is 17.4. The summed E-state index contributed by atoms with van der Waals surface area (Å²) in [6.45, 7) is 1.94. The van der Waals surface area contributed by atoms with Crippen molar-refractivity contribution in [1.82, 2.24) is 4.98 Å². The summed E-state index contributed by atoms with van der Waals surface area (Å²) in [7, 11) is 0. The molecule has 1 N–H and O–H groups in total. The zero-order chi connectivity index (χ0) is 20.6. The molecule has 6 heteroatoms. The number of nitriles is 2. The maximum atomic E-state index is 12.9. The lowest BCUT2D eigenvalue weighted by Crippen LogP contribution is -2.25. The Morgan fingerprint density at radius 1 is 1.14 bits per heavy atom. The van der Waals surface area contributed by atoms with Crippen LogP contribution in [0.5, 0.6) is 0 Å². The molecule has 0 saturated carbocycles. The molecule has 5 nitrogen and oxygen atoms in total. The van der Waals surface area contributed by atoms with Crippen LogP contribution in [0.1, 0.15) is 61.4 Å². The molecule has 3 rings (SSSR count). The number of fused-ring (bicyclic) bond motifs is 1. The van der Waals surface area contributed by atoms with E-state index >= 15 is 0 Å². The first-order valence-corrected chi connectivity index (χ1v) is 10.9. The summed E-state index contributed by atoms with van der Waals surface area (Å²) in [5.74, 6) is -0.183. The number of rotatable bonds is 5. The lowest BCUT2D eigenvalue weighted by Gasteiger charge is -2.18. The van der Waals surface area contributed by atoms with Crippen LogP contribution >= 0.6 is 11.8 Å². The molecule has 0 aliphatic heterocycles. The summed E-state index contributed by atoms with van der Waals surface area (Å²) in [6, 6.07) is 13.3.